The molecule has 0 spiro atoms. The summed E-state index contributed by atoms with van der Waals surface area (Å²) in [4.78, 5) is 0. The van der Waals surface area contributed by atoms with Crippen LogP contribution in [0.2, 0.25) is 0 Å². The highest BCUT2D eigenvalue weighted by Gasteiger charge is 2.33. The molecule has 22 heavy (non-hydrogen) atoms. The Morgan fingerprint density at radius 3 is 1.95 bits per heavy atom. The molecule has 2 rings (SSSR count). The lowest BCUT2D eigenvalue weighted by molar-refractivity contribution is 0.290. The zero-order valence-electron chi connectivity index (χ0n) is 10.7. The molecule has 1 unspecified atom stereocenters. The van der Waals surface area contributed by atoms with Crippen LogP contribution in [0.25, 0.3) is 5.57 Å². The second-order valence-corrected chi connectivity index (χ2v) is 4.02. The Labute approximate surface area is 124 Å². The minimum absolute atomic E-state index is 0.0383. The van der Waals surface area contributed by atoms with Gasteiger partial charge in [0.25, 0.3) is 0 Å². The van der Waals surface area contributed by atoms with Gasteiger partial charge < -0.3 is 4.74 Å². The Bertz CT molecular complexity index is 976. The third-order valence-corrected chi connectivity index (χ3v) is 3.01. The van der Waals surface area contributed by atoms with E-state index in [4.69, 9.17) is 25.8 Å². The number of ether oxygens (including phenoxy) is 1. The number of fused-ring (bicyclic) bond motifs is 1. The fourth-order valence-corrected chi connectivity index (χ4v) is 2.09. The Balaban J connectivity index is 3.03. The number of rotatable bonds is 0. The van der Waals surface area contributed by atoms with Crippen molar-refractivity contribution in [3.63, 3.8) is 0 Å². The quantitative estimate of drug-likeness (QED) is 0.696. The van der Waals surface area contributed by atoms with E-state index in [0.29, 0.717) is 0 Å². The smallest absolute Gasteiger partial charge is 0.220 e. The first kappa shape index (κ1) is 14.1. The van der Waals surface area contributed by atoms with Crippen molar-refractivity contribution in [3.8, 4) is 42.2 Å². The van der Waals surface area contributed by atoms with Crippen molar-refractivity contribution in [2.75, 3.05) is 0 Å². The maximum atomic E-state index is 9.28. The highest BCUT2D eigenvalue weighted by atomic mass is 16.5. The third kappa shape index (κ3) is 1.78. The molecule has 1 aliphatic heterocycles. The summed E-state index contributed by atoms with van der Waals surface area (Å²) < 4.78 is 5.30. The van der Waals surface area contributed by atoms with Gasteiger partial charge in [0.05, 0.1) is 27.8 Å². The number of allylic oxidation sites excluding steroid dienone is 1. The number of hydrogen-bond acceptors (Lipinski definition) is 7. The normalized spacial score (nSPS) is 14.7. The molecule has 0 saturated carbocycles. The summed E-state index contributed by atoms with van der Waals surface area (Å²) in [5.41, 5.74) is -1.00. The lowest BCUT2D eigenvalue weighted by atomic mass is 9.87. The highest BCUT2D eigenvalue weighted by molar-refractivity contribution is 5.91. The molecule has 0 saturated heterocycles. The zero-order valence-corrected chi connectivity index (χ0v) is 10.7. The summed E-state index contributed by atoms with van der Waals surface area (Å²) in [6, 6.07) is 11.7. The van der Waals surface area contributed by atoms with Crippen molar-refractivity contribution >= 4 is 5.57 Å². The fraction of sp³-hybridized carbons (Fsp3) is 0.0667. The van der Waals surface area contributed by atoms with Gasteiger partial charge in [-0.05, 0) is 0 Å². The average Bonchev–Trinajstić information content (AvgIpc) is 2.57. The van der Waals surface area contributed by atoms with Crippen molar-refractivity contribution in [1.29, 1.82) is 31.6 Å². The van der Waals surface area contributed by atoms with Crippen LogP contribution in [0.1, 0.15) is 22.3 Å². The molecule has 1 heterocycles. The fourth-order valence-electron chi connectivity index (χ4n) is 2.09. The molecule has 0 aromatic heterocycles. The van der Waals surface area contributed by atoms with Crippen LogP contribution in [0, 0.1) is 68.0 Å². The second kappa shape index (κ2) is 5.36. The predicted molar refractivity (Wildman–Crippen MR) is 68.8 cm³/mol. The van der Waals surface area contributed by atoms with Crippen molar-refractivity contribution in [2.24, 2.45) is 0 Å². The first-order valence-electron chi connectivity index (χ1n) is 5.69. The van der Waals surface area contributed by atoms with E-state index >= 15 is 0 Å². The van der Waals surface area contributed by atoms with Gasteiger partial charge in [-0.25, -0.2) is 0 Å². The Hall–Kier alpha value is -4.30. The Morgan fingerprint density at radius 1 is 0.818 bits per heavy atom. The van der Waals surface area contributed by atoms with Crippen LogP contribution in [0.3, 0.4) is 0 Å². The van der Waals surface area contributed by atoms with Crippen molar-refractivity contribution in [1.82, 2.24) is 0 Å². The standard InChI is InChI=1S/C15H2N6O/c16-2-8-1-13-15(11(5-19)9(8)3-17)12(6-20)10(4-18)14(7-21)22-13/h1,14H. The molecule has 0 bridgehead atoms. The number of nitriles is 6. The number of nitrogens with zero attached hydrogens (tertiary/aromatic N) is 6. The summed E-state index contributed by atoms with van der Waals surface area (Å²) in [5.74, 6) is -0.0470. The van der Waals surface area contributed by atoms with Gasteiger partial charge >= 0.3 is 0 Å². The first-order chi connectivity index (χ1) is 10.7. The molecule has 1 atom stereocenters. The van der Waals surface area contributed by atoms with Gasteiger partial charge in [-0.15, -0.1) is 0 Å². The van der Waals surface area contributed by atoms with Crippen LogP contribution in [0.5, 0.6) is 5.75 Å². The molecular weight excluding hydrogens is 280 g/mol. The van der Waals surface area contributed by atoms with Crippen molar-refractivity contribution in [2.45, 2.75) is 6.10 Å². The molecule has 0 amide bonds. The number of hydrogen-bond donors (Lipinski definition) is 0. The molecule has 1 aromatic rings. The van der Waals surface area contributed by atoms with Crippen LogP contribution in [-0.4, -0.2) is 6.10 Å². The molecule has 7 nitrogen and oxygen atoms in total. The van der Waals surface area contributed by atoms with Crippen LogP contribution in [-0.2, 0) is 0 Å². The molecule has 0 N–H and O–H groups in total. The molecule has 98 valence electrons. The van der Waals surface area contributed by atoms with Gasteiger partial charge in [-0.1, -0.05) is 0 Å². The molecule has 0 radical (unpaired) electrons. The van der Waals surface area contributed by atoms with E-state index < -0.39 is 6.10 Å². The largest absolute Gasteiger partial charge is 0.469 e. The summed E-state index contributed by atoms with van der Waals surface area (Å²) in [7, 11) is 0. The molecule has 7 heteroatoms. The van der Waals surface area contributed by atoms with Crippen molar-refractivity contribution in [3.05, 3.63) is 33.9 Å². The van der Waals surface area contributed by atoms with Gasteiger partial charge in [0.1, 0.15) is 47.7 Å². The van der Waals surface area contributed by atoms with Gasteiger partial charge in [-0.3, -0.25) is 0 Å². The average molecular weight is 282 g/mol. The maximum Gasteiger partial charge on any atom is 0.220 e. The topological polar surface area (TPSA) is 152 Å². The van der Waals surface area contributed by atoms with E-state index in [2.05, 4.69) is 0 Å². The van der Waals surface area contributed by atoms with Gasteiger partial charge in [0.2, 0.25) is 6.10 Å². The maximum absolute atomic E-state index is 9.28. The third-order valence-electron chi connectivity index (χ3n) is 3.01. The minimum Gasteiger partial charge on any atom is -0.469 e. The van der Waals surface area contributed by atoms with Crippen LogP contribution in [0.4, 0.5) is 0 Å². The predicted octanol–water partition coefficient (Wildman–Crippen LogP) is 1.39. The second-order valence-electron chi connectivity index (χ2n) is 4.02. The molecule has 1 aromatic carbocycles. The van der Waals surface area contributed by atoms with Crippen molar-refractivity contribution < 1.29 is 4.74 Å². The van der Waals surface area contributed by atoms with E-state index in [-0.39, 0.29) is 39.1 Å². The summed E-state index contributed by atoms with van der Waals surface area (Å²) in [5, 5.41) is 54.9. The van der Waals surface area contributed by atoms with Crippen LogP contribution < -0.4 is 4.74 Å². The van der Waals surface area contributed by atoms with E-state index in [1.165, 1.54) is 6.07 Å². The van der Waals surface area contributed by atoms with Crippen LogP contribution >= 0.6 is 0 Å². The lowest BCUT2D eigenvalue weighted by Gasteiger charge is -2.22. The first-order valence-corrected chi connectivity index (χ1v) is 5.69. The Morgan fingerprint density at radius 2 is 1.50 bits per heavy atom. The zero-order chi connectivity index (χ0) is 16.3. The monoisotopic (exact) mass is 282 g/mol. The van der Waals surface area contributed by atoms with Gasteiger partial charge in [0.15, 0.2) is 0 Å². The number of benzene rings is 1. The lowest BCUT2D eigenvalue weighted by Crippen LogP contribution is -2.23. The molecule has 0 fully saturated rings. The van der Waals surface area contributed by atoms with Gasteiger partial charge in [0, 0.05) is 6.07 Å². The molecule has 0 aliphatic carbocycles. The van der Waals surface area contributed by atoms with Gasteiger partial charge in [-0.2, -0.15) is 31.6 Å². The Kier molecular flexibility index (Phi) is 3.44. The highest BCUT2D eigenvalue weighted by Crippen LogP contribution is 2.40. The SMILES string of the molecule is N#CC1=C(C#N)C(C#N)Oc2cc(C#N)c(C#N)c(C#N)c21. The minimum atomic E-state index is -1.31. The van der Waals surface area contributed by atoms with E-state index in [1.807, 2.05) is 0 Å². The van der Waals surface area contributed by atoms with Crippen LogP contribution in [0.15, 0.2) is 11.6 Å². The summed E-state index contributed by atoms with van der Waals surface area (Å²) in [6.07, 6.45) is -1.31. The summed E-state index contributed by atoms with van der Waals surface area (Å²) in [6.45, 7) is 0. The molecule has 1 aliphatic rings. The van der Waals surface area contributed by atoms with E-state index in [9.17, 15) is 10.5 Å². The van der Waals surface area contributed by atoms with E-state index in [0.717, 1.165) is 0 Å². The molecular formula is C15H2N6O. The van der Waals surface area contributed by atoms with E-state index in [1.54, 1.807) is 36.4 Å². The summed E-state index contributed by atoms with van der Waals surface area (Å²) >= 11 is 0.